The van der Waals surface area contributed by atoms with Gasteiger partial charge in [-0.1, -0.05) is 35.3 Å². The van der Waals surface area contributed by atoms with E-state index in [4.69, 9.17) is 23.2 Å². The number of nitrogens with one attached hydrogen (secondary N) is 1. The fraction of sp³-hybridized carbons (Fsp3) is 0.0833. The molecule has 0 unspecified atom stereocenters. The van der Waals surface area contributed by atoms with Gasteiger partial charge in [0.1, 0.15) is 0 Å². The highest BCUT2D eigenvalue weighted by molar-refractivity contribution is 6.35. The number of aromatic nitrogens is 2. The van der Waals surface area contributed by atoms with Crippen LogP contribution >= 0.6 is 23.2 Å². The number of amides is 1. The van der Waals surface area contributed by atoms with Crippen LogP contribution in [0.1, 0.15) is 15.9 Å². The summed E-state index contributed by atoms with van der Waals surface area (Å²) in [5.41, 5.74) is 1.20. The second kappa shape index (κ2) is 5.33. The topological polar surface area (TPSA) is 54.9 Å². The van der Waals surface area contributed by atoms with Gasteiger partial charge in [-0.2, -0.15) is 0 Å². The number of anilines is 1. The highest BCUT2D eigenvalue weighted by Crippen LogP contribution is 2.22. The summed E-state index contributed by atoms with van der Waals surface area (Å²) in [5, 5.41) is 3.11. The molecule has 0 atom stereocenters. The van der Waals surface area contributed by atoms with Gasteiger partial charge in [0.05, 0.1) is 10.6 Å². The maximum absolute atomic E-state index is 12.0. The van der Waals surface area contributed by atoms with E-state index >= 15 is 0 Å². The van der Waals surface area contributed by atoms with E-state index in [2.05, 4.69) is 15.3 Å². The first-order valence-electron chi connectivity index (χ1n) is 5.12. The van der Waals surface area contributed by atoms with Crippen LogP contribution in [0.3, 0.4) is 0 Å². The average molecular weight is 282 g/mol. The van der Waals surface area contributed by atoms with Crippen molar-refractivity contribution >= 4 is 34.9 Å². The fourth-order valence-electron chi connectivity index (χ4n) is 1.40. The molecule has 18 heavy (non-hydrogen) atoms. The van der Waals surface area contributed by atoms with E-state index in [1.807, 2.05) is 13.0 Å². The van der Waals surface area contributed by atoms with Crippen LogP contribution in [-0.2, 0) is 0 Å². The molecule has 0 fully saturated rings. The van der Waals surface area contributed by atoms with Crippen molar-refractivity contribution in [3.8, 4) is 0 Å². The fourth-order valence-corrected chi connectivity index (χ4v) is 1.77. The maximum atomic E-state index is 12.0. The van der Waals surface area contributed by atoms with Gasteiger partial charge < -0.3 is 5.32 Å². The molecule has 2 aromatic rings. The molecule has 0 aliphatic rings. The molecule has 6 heteroatoms. The van der Waals surface area contributed by atoms with Crippen molar-refractivity contribution in [2.24, 2.45) is 0 Å². The third-order valence-corrected chi connectivity index (χ3v) is 3.10. The van der Waals surface area contributed by atoms with Crippen LogP contribution in [-0.4, -0.2) is 15.9 Å². The van der Waals surface area contributed by atoms with Gasteiger partial charge >= 0.3 is 0 Å². The van der Waals surface area contributed by atoms with Gasteiger partial charge in [0.2, 0.25) is 0 Å². The summed E-state index contributed by atoms with van der Waals surface area (Å²) in [6, 6.07) is 5.22. The predicted octanol–water partition coefficient (Wildman–Crippen LogP) is 3.34. The normalized spacial score (nSPS) is 10.2. The third kappa shape index (κ3) is 2.60. The Balaban J connectivity index is 2.28. The molecular formula is C12H9Cl2N3O. The van der Waals surface area contributed by atoms with E-state index < -0.39 is 0 Å². The number of carbonyl (C=O) groups excluding carboxylic acids is 1. The number of carbonyl (C=O) groups is 1. The van der Waals surface area contributed by atoms with Gasteiger partial charge in [0.15, 0.2) is 11.0 Å². The molecule has 0 spiro atoms. The first kappa shape index (κ1) is 12.8. The summed E-state index contributed by atoms with van der Waals surface area (Å²) in [6.07, 6.45) is 2.89. The van der Waals surface area contributed by atoms with E-state index in [-0.39, 0.29) is 16.9 Å². The maximum Gasteiger partial charge on any atom is 0.258 e. The Kier molecular flexibility index (Phi) is 3.79. The number of hydrogen-bond donors (Lipinski definition) is 1. The first-order chi connectivity index (χ1) is 8.59. The average Bonchev–Trinajstić information content (AvgIpc) is 2.35. The quantitative estimate of drug-likeness (QED) is 0.919. The molecule has 1 heterocycles. The number of hydrogen-bond acceptors (Lipinski definition) is 3. The van der Waals surface area contributed by atoms with Gasteiger partial charge in [-0.15, -0.1) is 0 Å². The van der Waals surface area contributed by atoms with Gasteiger partial charge in [0.25, 0.3) is 5.91 Å². The molecule has 92 valence electrons. The second-order valence-corrected chi connectivity index (χ2v) is 4.32. The largest absolute Gasteiger partial charge is 0.304 e. The Hall–Kier alpha value is -1.65. The number of rotatable bonds is 2. The van der Waals surface area contributed by atoms with E-state index in [1.165, 1.54) is 12.4 Å². The van der Waals surface area contributed by atoms with Crippen molar-refractivity contribution in [2.45, 2.75) is 6.92 Å². The van der Waals surface area contributed by atoms with Crippen molar-refractivity contribution in [3.05, 3.63) is 51.9 Å². The minimum Gasteiger partial charge on any atom is -0.304 e. The lowest BCUT2D eigenvalue weighted by Crippen LogP contribution is -2.14. The van der Waals surface area contributed by atoms with Crippen LogP contribution in [0, 0.1) is 6.92 Å². The van der Waals surface area contributed by atoms with Crippen molar-refractivity contribution in [3.63, 3.8) is 0 Å². The molecule has 2 rings (SSSR count). The van der Waals surface area contributed by atoms with Crippen molar-refractivity contribution < 1.29 is 4.79 Å². The highest BCUT2D eigenvalue weighted by Gasteiger charge is 2.13. The second-order valence-electron chi connectivity index (χ2n) is 3.59. The van der Waals surface area contributed by atoms with Crippen LogP contribution < -0.4 is 5.32 Å². The molecule has 0 aliphatic carbocycles. The highest BCUT2D eigenvalue weighted by atomic mass is 35.5. The molecule has 0 bridgehead atoms. The third-order valence-electron chi connectivity index (χ3n) is 2.32. The van der Waals surface area contributed by atoms with Gasteiger partial charge in [-0.3, -0.25) is 4.79 Å². The lowest BCUT2D eigenvalue weighted by atomic mass is 10.1. The zero-order valence-corrected chi connectivity index (χ0v) is 11.0. The first-order valence-corrected chi connectivity index (χ1v) is 5.88. The standard InChI is InChI=1S/C12H9Cl2N3O/c1-7-3-2-4-8(9(7)13)12(18)17-11-10(14)15-5-6-16-11/h2-6H,1H3,(H,16,17,18). The Morgan fingerprint density at radius 1 is 1.22 bits per heavy atom. The summed E-state index contributed by atoms with van der Waals surface area (Å²) in [5.74, 6) is -0.159. The SMILES string of the molecule is Cc1cccc(C(=O)Nc2nccnc2Cl)c1Cl. The Labute approximate surface area is 114 Å². The summed E-state index contributed by atoms with van der Waals surface area (Å²) >= 11 is 11.9. The number of nitrogens with zero attached hydrogens (tertiary/aromatic N) is 2. The molecule has 0 saturated carbocycles. The van der Waals surface area contributed by atoms with Gasteiger partial charge in [-0.25, -0.2) is 9.97 Å². The lowest BCUT2D eigenvalue weighted by Gasteiger charge is -2.08. The van der Waals surface area contributed by atoms with E-state index in [0.29, 0.717) is 10.6 Å². The molecule has 0 aliphatic heterocycles. The molecule has 1 aromatic carbocycles. The lowest BCUT2D eigenvalue weighted by molar-refractivity contribution is 0.102. The molecule has 0 saturated heterocycles. The number of halogens is 2. The number of aryl methyl sites for hydroxylation is 1. The van der Waals surface area contributed by atoms with Crippen molar-refractivity contribution in [1.82, 2.24) is 9.97 Å². The van der Waals surface area contributed by atoms with Crippen LogP contribution in [0.2, 0.25) is 10.2 Å². The summed E-state index contributed by atoms with van der Waals surface area (Å²) in [4.78, 5) is 19.8. The molecule has 1 amide bonds. The Morgan fingerprint density at radius 2 is 1.94 bits per heavy atom. The van der Waals surface area contributed by atoms with E-state index in [1.54, 1.807) is 12.1 Å². The Bertz CT molecular complexity index is 602. The monoisotopic (exact) mass is 281 g/mol. The van der Waals surface area contributed by atoms with Crippen LogP contribution in [0.25, 0.3) is 0 Å². The summed E-state index contributed by atoms with van der Waals surface area (Å²) < 4.78 is 0. The van der Waals surface area contributed by atoms with Crippen LogP contribution in [0.15, 0.2) is 30.6 Å². The van der Waals surface area contributed by atoms with Crippen LogP contribution in [0.4, 0.5) is 5.82 Å². The van der Waals surface area contributed by atoms with Crippen molar-refractivity contribution in [2.75, 3.05) is 5.32 Å². The Morgan fingerprint density at radius 3 is 2.67 bits per heavy atom. The minimum atomic E-state index is -0.369. The minimum absolute atomic E-state index is 0.134. The predicted molar refractivity (Wildman–Crippen MR) is 71.2 cm³/mol. The summed E-state index contributed by atoms with van der Waals surface area (Å²) in [7, 11) is 0. The van der Waals surface area contributed by atoms with Gasteiger partial charge in [-0.05, 0) is 18.6 Å². The van der Waals surface area contributed by atoms with Crippen molar-refractivity contribution in [1.29, 1.82) is 0 Å². The smallest absolute Gasteiger partial charge is 0.258 e. The molecule has 1 aromatic heterocycles. The van der Waals surface area contributed by atoms with E-state index in [9.17, 15) is 4.79 Å². The summed E-state index contributed by atoms with van der Waals surface area (Å²) in [6.45, 7) is 1.83. The zero-order chi connectivity index (χ0) is 13.1. The van der Waals surface area contributed by atoms with E-state index in [0.717, 1.165) is 5.56 Å². The molecule has 1 N–H and O–H groups in total. The van der Waals surface area contributed by atoms with Gasteiger partial charge in [0, 0.05) is 12.4 Å². The number of benzene rings is 1. The molecule has 0 radical (unpaired) electrons. The van der Waals surface area contributed by atoms with Crippen LogP contribution in [0.5, 0.6) is 0 Å². The molecule has 4 nitrogen and oxygen atoms in total. The zero-order valence-electron chi connectivity index (χ0n) is 9.45. The molecular weight excluding hydrogens is 273 g/mol.